The highest BCUT2D eigenvalue weighted by molar-refractivity contribution is 5.94. The summed E-state index contributed by atoms with van der Waals surface area (Å²) in [6.07, 6.45) is 4.55. The molecule has 2 rings (SSSR count). The molecule has 0 bridgehead atoms. The van der Waals surface area contributed by atoms with Crippen molar-refractivity contribution in [1.82, 2.24) is 15.5 Å². The van der Waals surface area contributed by atoms with Crippen molar-refractivity contribution in [3.05, 3.63) is 35.4 Å². The van der Waals surface area contributed by atoms with Gasteiger partial charge < -0.3 is 15.5 Å². The van der Waals surface area contributed by atoms with Gasteiger partial charge >= 0.3 is 0 Å². The molecule has 2 N–H and O–H groups in total. The van der Waals surface area contributed by atoms with Gasteiger partial charge in [0.05, 0.1) is 0 Å². The number of carbonyl (C=O) groups excluding carboxylic acids is 1. The zero-order valence-electron chi connectivity index (χ0n) is 15.8. The first-order chi connectivity index (χ1) is 12.1. The minimum Gasteiger partial charge on any atom is -0.352 e. The molecule has 0 radical (unpaired) electrons. The van der Waals surface area contributed by atoms with Crippen LogP contribution in [0.1, 0.15) is 55.5 Å². The Bertz CT molecular complexity index is 560. The van der Waals surface area contributed by atoms with Crippen LogP contribution in [-0.4, -0.2) is 43.4 Å². The predicted octanol–water partition coefficient (Wildman–Crippen LogP) is 3.02. The SMILES string of the molecule is CCCCNC(=O)c1ccc(CNC(=NC)N2CCC(C)CC2)cc1. The van der Waals surface area contributed by atoms with Gasteiger partial charge in [-0.2, -0.15) is 0 Å². The molecular weight excluding hydrogens is 312 g/mol. The van der Waals surface area contributed by atoms with Crippen LogP contribution in [0.25, 0.3) is 0 Å². The molecule has 0 aromatic heterocycles. The van der Waals surface area contributed by atoms with Gasteiger partial charge in [0.25, 0.3) is 5.91 Å². The number of rotatable bonds is 6. The zero-order valence-corrected chi connectivity index (χ0v) is 15.8. The topological polar surface area (TPSA) is 56.7 Å². The largest absolute Gasteiger partial charge is 0.352 e. The second-order valence-corrected chi connectivity index (χ2v) is 6.88. The maximum atomic E-state index is 12.0. The van der Waals surface area contributed by atoms with Crippen molar-refractivity contribution in [3.8, 4) is 0 Å². The Hall–Kier alpha value is -2.04. The molecule has 138 valence electrons. The molecule has 5 nitrogen and oxygen atoms in total. The number of amides is 1. The van der Waals surface area contributed by atoms with E-state index in [2.05, 4.69) is 34.4 Å². The highest BCUT2D eigenvalue weighted by Crippen LogP contribution is 2.16. The number of benzene rings is 1. The van der Waals surface area contributed by atoms with Crippen molar-refractivity contribution in [2.24, 2.45) is 10.9 Å². The summed E-state index contributed by atoms with van der Waals surface area (Å²) in [7, 11) is 1.84. The van der Waals surface area contributed by atoms with Crippen molar-refractivity contribution in [2.45, 2.75) is 46.1 Å². The molecule has 1 aromatic rings. The van der Waals surface area contributed by atoms with E-state index in [1.54, 1.807) is 0 Å². The first-order valence-corrected chi connectivity index (χ1v) is 9.46. The minimum absolute atomic E-state index is 0.00575. The number of hydrogen-bond donors (Lipinski definition) is 2. The van der Waals surface area contributed by atoms with Gasteiger partial charge in [-0.1, -0.05) is 32.4 Å². The summed E-state index contributed by atoms with van der Waals surface area (Å²) < 4.78 is 0. The van der Waals surface area contributed by atoms with Crippen LogP contribution in [0.15, 0.2) is 29.3 Å². The molecule has 0 saturated carbocycles. The molecule has 0 atom stereocenters. The van der Waals surface area contributed by atoms with E-state index in [0.717, 1.165) is 56.5 Å². The van der Waals surface area contributed by atoms with E-state index in [9.17, 15) is 4.79 Å². The van der Waals surface area contributed by atoms with Crippen molar-refractivity contribution in [1.29, 1.82) is 0 Å². The van der Waals surface area contributed by atoms with Crippen LogP contribution in [-0.2, 0) is 6.54 Å². The molecule has 1 fully saturated rings. The molecule has 1 aromatic carbocycles. The molecule has 1 aliphatic heterocycles. The van der Waals surface area contributed by atoms with Crippen molar-refractivity contribution >= 4 is 11.9 Å². The third kappa shape index (κ3) is 6.07. The monoisotopic (exact) mass is 344 g/mol. The Morgan fingerprint density at radius 1 is 1.20 bits per heavy atom. The number of piperidine rings is 1. The standard InChI is InChI=1S/C20H32N4O/c1-4-5-12-22-19(25)18-8-6-17(7-9-18)15-23-20(21-3)24-13-10-16(2)11-14-24/h6-9,16H,4-5,10-15H2,1-3H3,(H,21,23)(H,22,25). The lowest BCUT2D eigenvalue weighted by Crippen LogP contribution is -2.45. The van der Waals surface area contributed by atoms with Gasteiger partial charge in [-0.05, 0) is 42.9 Å². The highest BCUT2D eigenvalue weighted by Gasteiger charge is 2.18. The first-order valence-electron chi connectivity index (χ1n) is 9.46. The van der Waals surface area contributed by atoms with E-state index in [1.807, 2.05) is 31.3 Å². The lowest BCUT2D eigenvalue weighted by molar-refractivity contribution is 0.0953. The molecule has 1 amide bonds. The summed E-state index contributed by atoms with van der Waals surface area (Å²) in [5.41, 5.74) is 1.87. The number of carbonyl (C=O) groups is 1. The zero-order chi connectivity index (χ0) is 18.1. The molecule has 0 unspecified atom stereocenters. The van der Waals surface area contributed by atoms with Gasteiger partial charge in [-0.15, -0.1) is 0 Å². The van der Waals surface area contributed by atoms with E-state index in [1.165, 1.54) is 12.8 Å². The van der Waals surface area contributed by atoms with E-state index in [0.29, 0.717) is 5.56 Å². The molecule has 1 saturated heterocycles. The molecule has 0 aliphatic carbocycles. The smallest absolute Gasteiger partial charge is 0.251 e. The predicted molar refractivity (Wildman–Crippen MR) is 104 cm³/mol. The minimum atomic E-state index is 0.00575. The third-order valence-corrected chi connectivity index (χ3v) is 4.78. The van der Waals surface area contributed by atoms with E-state index in [-0.39, 0.29) is 5.91 Å². The van der Waals surface area contributed by atoms with Crippen molar-refractivity contribution < 1.29 is 4.79 Å². The summed E-state index contributed by atoms with van der Waals surface area (Å²) in [6.45, 7) is 8.02. The first kappa shape index (κ1) is 19.3. The van der Waals surface area contributed by atoms with Crippen LogP contribution in [0.2, 0.25) is 0 Å². The average molecular weight is 345 g/mol. The fraction of sp³-hybridized carbons (Fsp3) is 0.600. The Balaban J connectivity index is 1.83. The normalized spacial score (nSPS) is 16.0. The van der Waals surface area contributed by atoms with Gasteiger partial charge in [0.2, 0.25) is 0 Å². The molecule has 0 spiro atoms. The van der Waals surface area contributed by atoms with Crippen LogP contribution >= 0.6 is 0 Å². The number of nitrogens with one attached hydrogen (secondary N) is 2. The second-order valence-electron chi connectivity index (χ2n) is 6.88. The average Bonchev–Trinajstić information content (AvgIpc) is 2.64. The van der Waals surface area contributed by atoms with Crippen LogP contribution in [0.3, 0.4) is 0 Å². The molecular formula is C20H32N4O. The Morgan fingerprint density at radius 3 is 2.48 bits per heavy atom. The van der Waals surface area contributed by atoms with E-state index < -0.39 is 0 Å². The lowest BCUT2D eigenvalue weighted by Gasteiger charge is -2.32. The second kappa shape index (κ2) is 10.1. The fourth-order valence-electron chi connectivity index (χ4n) is 2.99. The Kier molecular flexibility index (Phi) is 7.76. The van der Waals surface area contributed by atoms with Crippen LogP contribution in [0.5, 0.6) is 0 Å². The van der Waals surface area contributed by atoms with Crippen molar-refractivity contribution in [3.63, 3.8) is 0 Å². The summed E-state index contributed by atoms with van der Waals surface area (Å²) in [6, 6.07) is 7.80. The molecule has 1 heterocycles. The van der Waals surface area contributed by atoms with Gasteiger partial charge in [-0.3, -0.25) is 9.79 Å². The molecule has 5 heteroatoms. The number of guanidine groups is 1. The van der Waals surface area contributed by atoms with Crippen molar-refractivity contribution in [2.75, 3.05) is 26.7 Å². The summed E-state index contributed by atoms with van der Waals surface area (Å²) in [5, 5.41) is 6.38. The third-order valence-electron chi connectivity index (χ3n) is 4.78. The van der Waals surface area contributed by atoms with Gasteiger partial charge in [-0.25, -0.2) is 0 Å². The number of unbranched alkanes of at least 4 members (excludes halogenated alkanes) is 1. The van der Waals surface area contributed by atoms with E-state index in [4.69, 9.17) is 0 Å². The quantitative estimate of drug-likeness (QED) is 0.474. The van der Waals surface area contributed by atoms with Crippen LogP contribution < -0.4 is 10.6 Å². The lowest BCUT2D eigenvalue weighted by atomic mass is 9.99. The highest BCUT2D eigenvalue weighted by atomic mass is 16.1. The van der Waals surface area contributed by atoms with E-state index >= 15 is 0 Å². The number of hydrogen-bond acceptors (Lipinski definition) is 2. The van der Waals surface area contributed by atoms with Gasteiger partial charge in [0.15, 0.2) is 5.96 Å². The maximum Gasteiger partial charge on any atom is 0.251 e. The maximum absolute atomic E-state index is 12.0. The summed E-state index contributed by atoms with van der Waals surface area (Å²) in [4.78, 5) is 18.8. The summed E-state index contributed by atoms with van der Waals surface area (Å²) >= 11 is 0. The number of aliphatic imine (C=N–C) groups is 1. The van der Waals surface area contributed by atoms with Gasteiger partial charge in [0.1, 0.15) is 0 Å². The number of likely N-dealkylation sites (tertiary alicyclic amines) is 1. The Labute approximate surface area is 151 Å². The molecule has 1 aliphatic rings. The fourth-order valence-corrected chi connectivity index (χ4v) is 2.99. The van der Waals surface area contributed by atoms with Gasteiger partial charge in [0, 0.05) is 38.8 Å². The summed E-state index contributed by atoms with van der Waals surface area (Å²) in [5.74, 6) is 1.78. The Morgan fingerprint density at radius 2 is 1.88 bits per heavy atom. The van der Waals surface area contributed by atoms with Crippen LogP contribution in [0.4, 0.5) is 0 Å². The van der Waals surface area contributed by atoms with Crippen LogP contribution in [0, 0.1) is 5.92 Å². The molecule has 25 heavy (non-hydrogen) atoms. The number of nitrogens with zero attached hydrogens (tertiary/aromatic N) is 2.